The number of piperidine rings is 1. The molecule has 2 aromatic heterocycles. The summed E-state index contributed by atoms with van der Waals surface area (Å²) in [5, 5.41) is 14.9. The van der Waals surface area contributed by atoms with E-state index in [4.69, 9.17) is 14.5 Å². The van der Waals surface area contributed by atoms with Crippen LogP contribution in [0.1, 0.15) is 44.6 Å². The zero-order valence-electron chi connectivity index (χ0n) is 26.0. The van der Waals surface area contributed by atoms with E-state index in [9.17, 15) is 18.7 Å². The Morgan fingerprint density at radius 3 is 2.83 bits per heavy atom. The summed E-state index contributed by atoms with van der Waals surface area (Å²) in [5.41, 5.74) is -0.624. The third-order valence-electron chi connectivity index (χ3n) is 10.4. The number of rotatable bonds is 6. The maximum absolute atomic E-state index is 16.9. The van der Waals surface area contributed by atoms with Crippen molar-refractivity contribution in [2.75, 3.05) is 44.3 Å². The number of phenolic OH excluding ortho intramolecular Hbond substituents is 1. The standard InChI is InChI=1S/C34H35F3N6O4/c1-2-22-25(36)6-5-19-11-21(44)12-23(26(19)22)28-27(37)29-24(14-38-28)30(42-9-3-7-33(16-42)17-47-32(45)41-33)40-31(39-29)46-18-34-8-4-10-43(34)15-20(35)13-34/h5-6,11-12,14,20,44H,2-4,7-10,13,15-18H2,1H3,(H,41,45)/t20-,33?,34+/m1/s1. The van der Waals surface area contributed by atoms with Crippen molar-refractivity contribution in [2.45, 2.75) is 62.7 Å². The molecule has 246 valence electrons. The van der Waals surface area contributed by atoms with Crippen LogP contribution in [0, 0.1) is 11.6 Å². The molecule has 4 aliphatic rings. The van der Waals surface area contributed by atoms with Gasteiger partial charge in [0.15, 0.2) is 5.82 Å². The van der Waals surface area contributed by atoms with Gasteiger partial charge in [0.2, 0.25) is 0 Å². The molecular weight excluding hydrogens is 613 g/mol. The van der Waals surface area contributed by atoms with Gasteiger partial charge in [-0.05, 0) is 73.2 Å². The Morgan fingerprint density at radius 1 is 1.17 bits per heavy atom. The molecule has 6 heterocycles. The van der Waals surface area contributed by atoms with Gasteiger partial charge in [0.1, 0.15) is 48.0 Å². The molecule has 47 heavy (non-hydrogen) atoms. The minimum absolute atomic E-state index is 0.0529. The Labute approximate surface area is 268 Å². The smallest absolute Gasteiger partial charge is 0.407 e. The van der Waals surface area contributed by atoms with E-state index in [0.29, 0.717) is 66.4 Å². The summed E-state index contributed by atoms with van der Waals surface area (Å²) in [7, 11) is 0. The first-order chi connectivity index (χ1) is 22.7. The number of fused-ring (bicyclic) bond motifs is 3. The van der Waals surface area contributed by atoms with Crippen LogP contribution in [0.15, 0.2) is 30.5 Å². The van der Waals surface area contributed by atoms with Crippen LogP contribution in [0.5, 0.6) is 11.8 Å². The van der Waals surface area contributed by atoms with Crippen LogP contribution in [0.3, 0.4) is 0 Å². The fourth-order valence-electron chi connectivity index (χ4n) is 8.22. The van der Waals surface area contributed by atoms with Crippen LogP contribution in [0.2, 0.25) is 0 Å². The molecule has 4 saturated heterocycles. The highest BCUT2D eigenvalue weighted by molar-refractivity contribution is 6.01. The number of anilines is 1. The summed E-state index contributed by atoms with van der Waals surface area (Å²) < 4.78 is 57.9. The quantitative estimate of drug-likeness (QED) is 0.283. The zero-order valence-corrected chi connectivity index (χ0v) is 26.0. The van der Waals surface area contributed by atoms with Gasteiger partial charge in [0.05, 0.1) is 16.5 Å². The minimum Gasteiger partial charge on any atom is -0.508 e. The number of halogens is 3. The second-order valence-corrected chi connectivity index (χ2v) is 13.4. The number of aryl methyl sites for hydroxylation is 1. The first kappa shape index (κ1) is 30.0. The molecule has 4 fully saturated rings. The lowest BCUT2D eigenvalue weighted by molar-refractivity contribution is 0.107. The van der Waals surface area contributed by atoms with Crippen molar-refractivity contribution in [3.8, 4) is 23.0 Å². The van der Waals surface area contributed by atoms with Gasteiger partial charge in [-0.15, -0.1) is 0 Å². The molecule has 13 heteroatoms. The monoisotopic (exact) mass is 648 g/mol. The molecule has 4 aliphatic heterocycles. The molecule has 4 aromatic rings. The lowest BCUT2D eigenvalue weighted by Crippen LogP contribution is -2.56. The van der Waals surface area contributed by atoms with Gasteiger partial charge in [0, 0.05) is 37.8 Å². The van der Waals surface area contributed by atoms with Crippen molar-refractivity contribution in [3.63, 3.8) is 0 Å². The average Bonchev–Trinajstić information content (AvgIpc) is 3.71. The van der Waals surface area contributed by atoms with Crippen LogP contribution < -0.4 is 15.0 Å². The molecule has 2 aromatic carbocycles. The Hall–Kier alpha value is -4.39. The number of cyclic esters (lactones) is 1. The molecule has 1 spiro atoms. The Kier molecular flexibility index (Phi) is 7.08. The van der Waals surface area contributed by atoms with E-state index in [0.717, 1.165) is 25.8 Å². The number of carbonyl (C=O) groups is 1. The predicted octanol–water partition coefficient (Wildman–Crippen LogP) is 5.43. The van der Waals surface area contributed by atoms with Crippen LogP contribution in [0.4, 0.5) is 23.8 Å². The van der Waals surface area contributed by atoms with Crippen molar-refractivity contribution < 1.29 is 32.5 Å². The van der Waals surface area contributed by atoms with Gasteiger partial charge in [-0.25, -0.2) is 18.0 Å². The molecule has 0 aliphatic carbocycles. The lowest BCUT2D eigenvalue weighted by Gasteiger charge is -2.39. The fraction of sp³-hybridized carbons (Fsp3) is 0.471. The predicted molar refractivity (Wildman–Crippen MR) is 168 cm³/mol. The zero-order chi connectivity index (χ0) is 32.5. The lowest BCUT2D eigenvalue weighted by atomic mass is 9.90. The number of hydrogen-bond donors (Lipinski definition) is 2. The molecule has 1 amide bonds. The summed E-state index contributed by atoms with van der Waals surface area (Å²) in [6.45, 7) is 4.26. The maximum atomic E-state index is 16.9. The highest BCUT2D eigenvalue weighted by Crippen LogP contribution is 2.42. The van der Waals surface area contributed by atoms with Crippen molar-refractivity contribution in [1.29, 1.82) is 0 Å². The van der Waals surface area contributed by atoms with E-state index in [1.54, 1.807) is 6.07 Å². The largest absolute Gasteiger partial charge is 0.508 e. The van der Waals surface area contributed by atoms with Gasteiger partial charge in [-0.2, -0.15) is 9.97 Å². The summed E-state index contributed by atoms with van der Waals surface area (Å²) in [4.78, 5) is 29.9. The van der Waals surface area contributed by atoms with E-state index in [1.165, 1.54) is 24.4 Å². The van der Waals surface area contributed by atoms with E-state index >= 15 is 4.39 Å². The van der Waals surface area contributed by atoms with E-state index in [-0.39, 0.29) is 41.7 Å². The molecule has 3 atom stereocenters. The number of alkyl carbamates (subject to hydrolysis) is 1. The van der Waals surface area contributed by atoms with Gasteiger partial charge < -0.3 is 24.8 Å². The number of amides is 1. The first-order valence-corrected chi connectivity index (χ1v) is 16.2. The molecular formula is C34H35F3N6O4. The second kappa shape index (κ2) is 11.1. The normalized spacial score (nSPS) is 25.9. The summed E-state index contributed by atoms with van der Waals surface area (Å²) in [5.74, 6) is -0.931. The number of alkyl halides is 1. The summed E-state index contributed by atoms with van der Waals surface area (Å²) in [6.07, 6.45) is 3.91. The molecule has 0 bridgehead atoms. The third kappa shape index (κ3) is 4.97. The average molecular weight is 649 g/mol. The molecule has 0 radical (unpaired) electrons. The number of carbonyl (C=O) groups excluding carboxylic acids is 1. The Morgan fingerprint density at radius 2 is 2.02 bits per heavy atom. The number of nitrogens with one attached hydrogen (secondary N) is 1. The number of aromatic hydroxyl groups is 1. The first-order valence-electron chi connectivity index (χ1n) is 16.2. The fourth-order valence-corrected chi connectivity index (χ4v) is 8.22. The van der Waals surface area contributed by atoms with Crippen LogP contribution in [-0.4, -0.2) is 87.7 Å². The molecule has 8 rings (SSSR count). The number of pyridine rings is 1. The number of aromatic nitrogens is 3. The van der Waals surface area contributed by atoms with Gasteiger partial charge in [0.25, 0.3) is 0 Å². The van der Waals surface area contributed by atoms with E-state index in [2.05, 4.69) is 20.2 Å². The summed E-state index contributed by atoms with van der Waals surface area (Å²) in [6, 6.07) is 5.72. The van der Waals surface area contributed by atoms with E-state index < -0.39 is 35.0 Å². The van der Waals surface area contributed by atoms with Gasteiger partial charge in [-0.1, -0.05) is 13.0 Å². The Balaban J connectivity index is 1.27. The SMILES string of the molecule is CCc1c(F)ccc2cc(O)cc(-c3ncc4c(N5CCCC6(COC(=O)N6)C5)nc(OC[C@@]56CCCN5C[C@H](F)C6)nc4c3F)c12. The van der Waals surface area contributed by atoms with Crippen LogP contribution >= 0.6 is 0 Å². The number of ether oxygens (including phenoxy) is 2. The summed E-state index contributed by atoms with van der Waals surface area (Å²) >= 11 is 0. The van der Waals surface area contributed by atoms with Crippen molar-refractivity contribution in [3.05, 3.63) is 47.7 Å². The molecule has 1 unspecified atom stereocenters. The van der Waals surface area contributed by atoms with Crippen molar-refractivity contribution >= 4 is 33.6 Å². The second-order valence-electron chi connectivity index (χ2n) is 13.4. The molecule has 0 saturated carbocycles. The van der Waals surface area contributed by atoms with Crippen molar-refractivity contribution in [1.82, 2.24) is 25.2 Å². The van der Waals surface area contributed by atoms with Gasteiger partial charge in [-0.3, -0.25) is 9.88 Å². The third-order valence-corrected chi connectivity index (χ3v) is 10.4. The molecule has 10 nitrogen and oxygen atoms in total. The Bertz CT molecular complexity index is 1930. The highest BCUT2D eigenvalue weighted by Gasteiger charge is 2.49. The molecule has 2 N–H and O–H groups in total. The number of benzene rings is 2. The minimum atomic E-state index is -0.943. The van der Waals surface area contributed by atoms with E-state index in [1.807, 2.05) is 11.8 Å². The van der Waals surface area contributed by atoms with Crippen LogP contribution in [-0.2, 0) is 11.2 Å². The number of nitrogens with zero attached hydrogens (tertiary/aromatic N) is 5. The highest BCUT2D eigenvalue weighted by atomic mass is 19.1. The number of hydrogen-bond acceptors (Lipinski definition) is 9. The topological polar surface area (TPSA) is 113 Å². The van der Waals surface area contributed by atoms with Crippen molar-refractivity contribution in [2.24, 2.45) is 0 Å². The number of phenols is 1. The van der Waals surface area contributed by atoms with Crippen LogP contribution in [0.25, 0.3) is 32.9 Å². The van der Waals surface area contributed by atoms with Gasteiger partial charge >= 0.3 is 12.1 Å². The maximum Gasteiger partial charge on any atom is 0.407 e.